The van der Waals surface area contributed by atoms with Gasteiger partial charge in [-0.2, -0.15) is 0 Å². The number of amides is 1. The summed E-state index contributed by atoms with van der Waals surface area (Å²) in [4.78, 5) is 14.9. The van der Waals surface area contributed by atoms with E-state index >= 15 is 0 Å². The van der Waals surface area contributed by atoms with Crippen LogP contribution >= 0.6 is 0 Å². The third-order valence-electron chi connectivity index (χ3n) is 5.74. The smallest absolute Gasteiger partial charge is 0.251 e. The van der Waals surface area contributed by atoms with Crippen LogP contribution in [0.4, 0.5) is 0 Å². The van der Waals surface area contributed by atoms with Crippen molar-refractivity contribution in [3.8, 4) is 11.5 Å². The molecule has 5 heteroatoms. The van der Waals surface area contributed by atoms with Crippen LogP contribution in [0.1, 0.15) is 47.7 Å². The lowest BCUT2D eigenvalue weighted by molar-refractivity contribution is 0.0953. The number of nitrogens with one attached hydrogen (secondary N) is 1. The van der Waals surface area contributed by atoms with Gasteiger partial charge in [-0.1, -0.05) is 25.1 Å². The van der Waals surface area contributed by atoms with Gasteiger partial charge in [0.25, 0.3) is 5.91 Å². The Morgan fingerprint density at radius 1 is 1.07 bits per heavy atom. The highest BCUT2D eigenvalue weighted by molar-refractivity contribution is 5.94. The fraction of sp³-hybridized carbons (Fsp3) is 0.480. The molecule has 1 aliphatic rings. The van der Waals surface area contributed by atoms with E-state index in [9.17, 15) is 4.79 Å². The molecule has 1 amide bonds. The SMILES string of the molecule is COc1ccc(CCCNC(=O)c2ccc(CN3CCC[C@@H](C)C3)cc2)cc1OC. The Balaban J connectivity index is 1.42. The average molecular weight is 411 g/mol. The first-order valence-electron chi connectivity index (χ1n) is 10.9. The van der Waals surface area contributed by atoms with Crippen LogP contribution in [-0.4, -0.2) is 44.7 Å². The van der Waals surface area contributed by atoms with Crippen LogP contribution in [0.2, 0.25) is 0 Å². The fourth-order valence-corrected chi connectivity index (χ4v) is 4.08. The normalized spacial score (nSPS) is 16.8. The van der Waals surface area contributed by atoms with Crippen molar-refractivity contribution in [2.45, 2.75) is 39.2 Å². The number of nitrogens with zero attached hydrogens (tertiary/aromatic N) is 1. The third-order valence-corrected chi connectivity index (χ3v) is 5.74. The molecule has 2 aromatic carbocycles. The Hall–Kier alpha value is -2.53. The standard InChI is InChI=1S/C25H34N2O3/c1-19-6-5-15-27(17-19)18-21-8-11-22(12-9-21)25(28)26-14-4-7-20-10-13-23(29-2)24(16-20)30-3/h8-13,16,19H,4-7,14-15,17-18H2,1-3H3,(H,26,28)/t19-/m1/s1. The van der Waals surface area contributed by atoms with E-state index in [-0.39, 0.29) is 5.91 Å². The summed E-state index contributed by atoms with van der Waals surface area (Å²) in [5.74, 6) is 2.23. The van der Waals surface area contributed by atoms with Crippen molar-refractivity contribution in [1.82, 2.24) is 10.2 Å². The zero-order chi connectivity index (χ0) is 21.3. The predicted octanol–water partition coefficient (Wildman–Crippen LogP) is 4.30. The molecule has 0 bridgehead atoms. The molecule has 0 spiro atoms. The topological polar surface area (TPSA) is 50.8 Å². The van der Waals surface area contributed by atoms with E-state index in [0.717, 1.165) is 42.4 Å². The number of ether oxygens (including phenoxy) is 2. The first-order chi connectivity index (χ1) is 14.6. The first kappa shape index (κ1) is 22.2. The average Bonchev–Trinajstić information content (AvgIpc) is 2.77. The predicted molar refractivity (Wildman–Crippen MR) is 120 cm³/mol. The van der Waals surface area contributed by atoms with E-state index < -0.39 is 0 Å². The number of benzene rings is 2. The van der Waals surface area contributed by atoms with E-state index in [1.54, 1.807) is 14.2 Å². The van der Waals surface area contributed by atoms with Crippen molar-refractivity contribution >= 4 is 5.91 Å². The largest absolute Gasteiger partial charge is 0.493 e. The van der Waals surface area contributed by atoms with Crippen LogP contribution in [-0.2, 0) is 13.0 Å². The molecule has 162 valence electrons. The highest BCUT2D eigenvalue weighted by Crippen LogP contribution is 2.27. The molecule has 1 heterocycles. The summed E-state index contributed by atoms with van der Waals surface area (Å²) in [7, 11) is 3.27. The maximum atomic E-state index is 12.4. The Morgan fingerprint density at radius 2 is 1.80 bits per heavy atom. The Morgan fingerprint density at radius 3 is 2.50 bits per heavy atom. The lowest BCUT2D eigenvalue weighted by Gasteiger charge is -2.30. The molecule has 1 fully saturated rings. The van der Waals surface area contributed by atoms with E-state index in [4.69, 9.17) is 9.47 Å². The van der Waals surface area contributed by atoms with Gasteiger partial charge in [0.2, 0.25) is 0 Å². The molecule has 1 N–H and O–H groups in total. The fourth-order valence-electron chi connectivity index (χ4n) is 4.08. The number of hydrogen-bond donors (Lipinski definition) is 1. The highest BCUT2D eigenvalue weighted by atomic mass is 16.5. The Bertz CT molecular complexity index is 820. The van der Waals surface area contributed by atoms with Gasteiger partial charge in [-0.05, 0) is 73.5 Å². The second-order valence-corrected chi connectivity index (χ2v) is 8.23. The van der Waals surface area contributed by atoms with Gasteiger partial charge in [0, 0.05) is 25.2 Å². The molecule has 0 saturated carbocycles. The van der Waals surface area contributed by atoms with Crippen molar-refractivity contribution in [2.24, 2.45) is 5.92 Å². The summed E-state index contributed by atoms with van der Waals surface area (Å²) >= 11 is 0. The number of piperidine rings is 1. The van der Waals surface area contributed by atoms with Crippen molar-refractivity contribution in [2.75, 3.05) is 33.9 Å². The third kappa shape index (κ3) is 6.23. The monoisotopic (exact) mass is 410 g/mol. The van der Waals surface area contributed by atoms with E-state index in [1.807, 2.05) is 30.3 Å². The van der Waals surface area contributed by atoms with Crippen molar-refractivity contribution in [1.29, 1.82) is 0 Å². The number of rotatable bonds is 9. The minimum Gasteiger partial charge on any atom is -0.493 e. The summed E-state index contributed by atoms with van der Waals surface area (Å²) in [5, 5.41) is 3.02. The maximum absolute atomic E-state index is 12.4. The summed E-state index contributed by atoms with van der Waals surface area (Å²) in [6.45, 7) is 6.28. The van der Waals surface area contributed by atoms with Crippen LogP contribution < -0.4 is 14.8 Å². The minimum absolute atomic E-state index is 0.0135. The summed E-state index contributed by atoms with van der Waals surface area (Å²) in [6, 6.07) is 14.0. The molecular weight excluding hydrogens is 376 g/mol. The van der Waals surface area contributed by atoms with E-state index in [2.05, 4.69) is 29.3 Å². The van der Waals surface area contributed by atoms with Gasteiger partial charge in [0.05, 0.1) is 14.2 Å². The van der Waals surface area contributed by atoms with E-state index in [1.165, 1.54) is 37.1 Å². The van der Waals surface area contributed by atoms with Crippen LogP contribution in [0, 0.1) is 5.92 Å². The lowest BCUT2D eigenvalue weighted by Crippen LogP contribution is -2.33. The summed E-state index contributed by atoms with van der Waals surface area (Å²) < 4.78 is 10.6. The molecular formula is C25H34N2O3. The first-order valence-corrected chi connectivity index (χ1v) is 10.9. The number of carbonyl (C=O) groups is 1. The number of methoxy groups -OCH3 is 2. The minimum atomic E-state index is -0.0135. The molecule has 1 aliphatic heterocycles. The molecule has 0 unspecified atom stereocenters. The van der Waals surface area contributed by atoms with E-state index in [0.29, 0.717) is 6.54 Å². The number of hydrogen-bond acceptors (Lipinski definition) is 4. The quantitative estimate of drug-likeness (QED) is 0.626. The van der Waals surface area contributed by atoms with Crippen molar-refractivity contribution in [3.05, 3.63) is 59.2 Å². The van der Waals surface area contributed by atoms with Gasteiger partial charge in [0.15, 0.2) is 11.5 Å². The summed E-state index contributed by atoms with van der Waals surface area (Å²) in [6.07, 6.45) is 4.35. The number of likely N-dealkylation sites (tertiary alicyclic amines) is 1. The molecule has 0 aliphatic carbocycles. The molecule has 30 heavy (non-hydrogen) atoms. The highest BCUT2D eigenvalue weighted by Gasteiger charge is 2.16. The van der Waals surface area contributed by atoms with Crippen LogP contribution in [0.3, 0.4) is 0 Å². The lowest BCUT2D eigenvalue weighted by atomic mass is 9.99. The van der Waals surface area contributed by atoms with Gasteiger partial charge in [0.1, 0.15) is 0 Å². The molecule has 0 aromatic heterocycles. The second-order valence-electron chi connectivity index (χ2n) is 8.23. The molecule has 3 rings (SSSR count). The summed E-state index contributed by atoms with van der Waals surface area (Å²) in [5.41, 5.74) is 3.16. The number of aryl methyl sites for hydroxylation is 1. The molecule has 1 atom stereocenters. The van der Waals surface area contributed by atoms with Gasteiger partial charge in [-0.25, -0.2) is 0 Å². The zero-order valence-corrected chi connectivity index (χ0v) is 18.4. The van der Waals surface area contributed by atoms with Gasteiger partial charge in [-0.3, -0.25) is 9.69 Å². The van der Waals surface area contributed by atoms with Gasteiger partial charge >= 0.3 is 0 Å². The van der Waals surface area contributed by atoms with Gasteiger partial charge in [-0.15, -0.1) is 0 Å². The molecule has 0 radical (unpaired) electrons. The molecule has 1 saturated heterocycles. The maximum Gasteiger partial charge on any atom is 0.251 e. The van der Waals surface area contributed by atoms with Gasteiger partial charge < -0.3 is 14.8 Å². The zero-order valence-electron chi connectivity index (χ0n) is 18.4. The van der Waals surface area contributed by atoms with Crippen molar-refractivity contribution in [3.63, 3.8) is 0 Å². The Labute approximate surface area is 180 Å². The van der Waals surface area contributed by atoms with Crippen LogP contribution in [0.25, 0.3) is 0 Å². The Kier molecular flexibility index (Phi) is 8.14. The van der Waals surface area contributed by atoms with Crippen LogP contribution in [0.15, 0.2) is 42.5 Å². The van der Waals surface area contributed by atoms with Crippen LogP contribution in [0.5, 0.6) is 11.5 Å². The van der Waals surface area contributed by atoms with Crippen molar-refractivity contribution < 1.29 is 14.3 Å². The molecule has 5 nitrogen and oxygen atoms in total. The number of carbonyl (C=O) groups excluding carboxylic acids is 1. The molecule has 2 aromatic rings. The second kappa shape index (κ2) is 11.0.